The van der Waals surface area contributed by atoms with Crippen molar-refractivity contribution >= 4 is 0 Å². The summed E-state index contributed by atoms with van der Waals surface area (Å²) < 4.78 is 10.8. The van der Waals surface area contributed by atoms with Crippen LogP contribution in [0.4, 0.5) is 0 Å². The van der Waals surface area contributed by atoms with Crippen LogP contribution in [-0.4, -0.2) is 29.4 Å². The second-order valence-electron chi connectivity index (χ2n) is 3.41. The van der Waals surface area contributed by atoms with E-state index >= 15 is 0 Å². The third-order valence-corrected chi connectivity index (χ3v) is 1.83. The van der Waals surface area contributed by atoms with Gasteiger partial charge in [-0.15, -0.1) is 0 Å². The molecule has 1 aromatic heterocycles. The molecule has 4 heteroatoms. The Hall–Kier alpha value is -1.13. The second kappa shape index (κ2) is 6.37. The molecule has 0 radical (unpaired) electrons. The molecule has 0 aliphatic heterocycles. The predicted molar refractivity (Wildman–Crippen MR) is 56.7 cm³/mol. The van der Waals surface area contributed by atoms with Crippen molar-refractivity contribution < 1.29 is 14.6 Å². The standard InChI is InChI=1S/C11H17NO3/c1-9(2)14-5-6-15-11-7-12-4-3-10(11)8-13/h3-4,7,9,13H,5-6,8H2,1-2H3. The number of pyridine rings is 1. The van der Waals surface area contributed by atoms with Gasteiger partial charge in [0.1, 0.15) is 12.4 Å². The van der Waals surface area contributed by atoms with Gasteiger partial charge in [-0.2, -0.15) is 0 Å². The summed E-state index contributed by atoms with van der Waals surface area (Å²) >= 11 is 0. The Kier molecular flexibility index (Phi) is 5.07. The van der Waals surface area contributed by atoms with Crippen LogP contribution in [0, 0.1) is 0 Å². The Labute approximate surface area is 89.9 Å². The highest BCUT2D eigenvalue weighted by Gasteiger charge is 2.02. The van der Waals surface area contributed by atoms with E-state index in [0.29, 0.717) is 19.0 Å². The molecule has 0 aromatic carbocycles. The Balaban J connectivity index is 2.36. The molecule has 1 aromatic rings. The van der Waals surface area contributed by atoms with Crippen molar-refractivity contribution in [2.75, 3.05) is 13.2 Å². The van der Waals surface area contributed by atoms with Crippen LogP contribution >= 0.6 is 0 Å². The number of ether oxygens (including phenoxy) is 2. The van der Waals surface area contributed by atoms with Crippen molar-refractivity contribution in [3.63, 3.8) is 0 Å². The van der Waals surface area contributed by atoms with Gasteiger partial charge in [0.25, 0.3) is 0 Å². The fraction of sp³-hybridized carbons (Fsp3) is 0.545. The van der Waals surface area contributed by atoms with Crippen LogP contribution in [-0.2, 0) is 11.3 Å². The molecule has 15 heavy (non-hydrogen) atoms. The molecule has 0 saturated carbocycles. The monoisotopic (exact) mass is 211 g/mol. The van der Waals surface area contributed by atoms with Crippen molar-refractivity contribution in [2.45, 2.75) is 26.6 Å². The van der Waals surface area contributed by atoms with Crippen LogP contribution in [0.3, 0.4) is 0 Å². The molecule has 1 N–H and O–H groups in total. The fourth-order valence-corrected chi connectivity index (χ4v) is 1.10. The van der Waals surface area contributed by atoms with Gasteiger partial charge in [-0.05, 0) is 19.9 Å². The van der Waals surface area contributed by atoms with Crippen molar-refractivity contribution in [3.05, 3.63) is 24.0 Å². The third-order valence-electron chi connectivity index (χ3n) is 1.83. The van der Waals surface area contributed by atoms with Gasteiger partial charge in [0.05, 0.1) is 25.5 Å². The lowest BCUT2D eigenvalue weighted by atomic mass is 10.2. The molecule has 0 unspecified atom stereocenters. The maximum Gasteiger partial charge on any atom is 0.143 e. The summed E-state index contributed by atoms with van der Waals surface area (Å²) in [7, 11) is 0. The largest absolute Gasteiger partial charge is 0.489 e. The van der Waals surface area contributed by atoms with Gasteiger partial charge in [0, 0.05) is 11.8 Å². The summed E-state index contributed by atoms with van der Waals surface area (Å²) in [5.74, 6) is 0.618. The molecule has 1 rings (SSSR count). The average Bonchev–Trinajstić information content (AvgIpc) is 2.24. The van der Waals surface area contributed by atoms with E-state index in [2.05, 4.69) is 4.98 Å². The first-order valence-corrected chi connectivity index (χ1v) is 5.02. The summed E-state index contributed by atoms with van der Waals surface area (Å²) in [4.78, 5) is 3.93. The fourth-order valence-electron chi connectivity index (χ4n) is 1.10. The van der Waals surface area contributed by atoms with Gasteiger partial charge in [-0.1, -0.05) is 0 Å². The molecule has 0 bridgehead atoms. The van der Waals surface area contributed by atoms with Gasteiger partial charge in [0.15, 0.2) is 0 Å². The molecule has 0 aliphatic rings. The minimum atomic E-state index is -0.0388. The zero-order valence-corrected chi connectivity index (χ0v) is 9.14. The number of rotatable bonds is 6. The third kappa shape index (κ3) is 4.27. The van der Waals surface area contributed by atoms with Gasteiger partial charge in [0.2, 0.25) is 0 Å². The van der Waals surface area contributed by atoms with Crippen LogP contribution < -0.4 is 4.74 Å². The number of aromatic nitrogens is 1. The quantitative estimate of drug-likeness (QED) is 0.722. The minimum Gasteiger partial charge on any atom is -0.489 e. The van der Waals surface area contributed by atoms with Gasteiger partial charge >= 0.3 is 0 Å². The molecule has 84 valence electrons. The molecule has 0 saturated heterocycles. The topological polar surface area (TPSA) is 51.6 Å². The highest BCUT2D eigenvalue weighted by atomic mass is 16.5. The number of hydrogen-bond donors (Lipinski definition) is 1. The first-order chi connectivity index (χ1) is 7.24. The van der Waals surface area contributed by atoms with Gasteiger partial charge < -0.3 is 14.6 Å². The van der Waals surface area contributed by atoms with Crippen molar-refractivity contribution in [3.8, 4) is 5.75 Å². The number of hydrogen-bond acceptors (Lipinski definition) is 4. The Morgan fingerprint density at radius 3 is 2.87 bits per heavy atom. The smallest absolute Gasteiger partial charge is 0.143 e. The normalized spacial score (nSPS) is 10.7. The van der Waals surface area contributed by atoms with Crippen molar-refractivity contribution in [1.29, 1.82) is 0 Å². The molecule has 1 heterocycles. The molecular formula is C11H17NO3. The number of nitrogens with zero attached hydrogens (tertiary/aromatic N) is 1. The van der Waals surface area contributed by atoms with Crippen LogP contribution in [0.2, 0.25) is 0 Å². The summed E-state index contributed by atoms with van der Waals surface area (Å²) in [5, 5.41) is 9.02. The molecule has 0 amide bonds. The van der Waals surface area contributed by atoms with E-state index in [1.807, 2.05) is 13.8 Å². The molecule has 0 aliphatic carbocycles. The minimum absolute atomic E-state index is 0.0388. The van der Waals surface area contributed by atoms with E-state index in [-0.39, 0.29) is 12.7 Å². The summed E-state index contributed by atoms with van der Waals surface area (Å²) in [5.41, 5.74) is 0.745. The van der Waals surface area contributed by atoms with Crippen LogP contribution in [0.1, 0.15) is 19.4 Å². The summed E-state index contributed by atoms with van der Waals surface area (Å²) in [6.45, 7) is 4.92. The highest BCUT2D eigenvalue weighted by Crippen LogP contribution is 2.15. The van der Waals surface area contributed by atoms with E-state index in [4.69, 9.17) is 14.6 Å². The average molecular weight is 211 g/mol. The van der Waals surface area contributed by atoms with E-state index in [0.717, 1.165) is 5.56 Å². The Morgan fingerprint density at radius 1 is 1.40 bits per heavy atom. The maximum atomic E-state index is 9.02. The first-order valence-electron chi connectivity index (χ1n) is 5.02. The van der Waals surface area contributed by atoms with Gasteiger partial charge in [-0.25, -0.2) is 0 Å². The number of aliphatic hydroxyl groups is 1. The second-order valence-corrected chi connectivity index (χ2v) is 3.41. The highest BCUT2D eigenvalue weighted by molar-refractivity contribution is 5.28. The molecule has 0 spiro atoms. The van der Waals surface area contributed by atoms with Crippen LogP contribution in [0.25, 0.3) is 0 Å². The molecular weight excluding hydrogens is 194 g/mol. The maximum absolute atomic E-state index is 9.02. The van der Waals surface area contributed by atoms with Crippen molar-refractivity contribution in [2.24, 2.45) is 0 Å². The Morgan fingerprint density at radius 2 is 2.20 bits per heavy atom. The predicted octanol–water partition coefficient (Wildman–Crippen LogP) is 1.38. The van der Waals surface area contributed by atoms with E-state index in [1.165, 1.54) is 0 Å². The summed E-state index contributed by atoms with van der Waals surface area (Å²) in [6, 6.07) is 1.73. The lowest BCUT2D eigenvalue weighted by molar-refractivity contribution is 0.0547. The van der Waals surface area contributed by atoms with Crippen LogP contribution in [0.15, 0.2) is 18.5 Å². The van der Waals surface area contributed by atoms with Gasteiger partial charge in [-0.3, -0.25) is 4.98 Å². The SMILES string of the molecule is CC(C)OCCOc1cnccc1CO. The Bertz CT molecular complexity index is 289. The molecule has 0 fully saturated rings. The lowest BCUT2D eigenvalue weighted by Crippen LogP contribution is -2.12. The van der Waals surface area contributed by atoms with Crippen molar-refractivity contribution in [1.82, 2.24) is 4.98 Å². The van der Waals surface area contributed by atoms with E-state index in [9.17, 15) is 0 Å². The molecule has 4 nitrogen and oxygen atoms in total. The number of aliphatic hydroxyl groups excluding tert-OH is 1. The zero-order chi connectivity index (χ0) is 11.1. The van der Waals surface area contributed by atoms with E-state index in [1.54, 1.807) is 18.5 Å². The van der Waals surface area contributed by atoms with Crippen LogP contribution in [0.5, 0.6) is 5.75 Å². The lowest BCUT2D eigenvalue weighted by Gasteiger charge is -2.10. The summed E-state index contributed by atoms with van der Waals surface area (Å²) in [6.07, 6.45) is 3.43. The zero-order valence-electron chi connectivity index (χ0n) is 9.14. The first kappa shape index (κ1) is 11.9. The molecule has 0 atom stereocenters. The van der Waals surface area contributed by atoms with E-state index < -0.39 is 0 Å².